The highest BCUT2D eigenvalue weighted by Gasteiger charge is 2.61. The maximum atomic E-state index is 13.9. The third-order valence-corrected chi connectivity index (χ3v) is 6.49. The summed E-state index contributed by atoms with van der Waals surface area (Å²) in [5.41, 5.74) is 1.74. The summed E-state index contributed by atoms with van der Waals surface area (Å²) in [6.07, 6.45) is -1.02. The molecule has 3 atom stereocenters. The van der Waals surface area contributed by atoms with E-state index in [1.165, 1.54) is 33.3 Å². The Morgan fingerprint density at radius 1 is 0.722 bits per heavy atom. The van der Waals surface area contributed by atoms with Crippen LogP contribution in [0.25, 0.3) is 0 Å². The Hall–Kier alpha value is -4.24. The van der Waals surface area contributed by atoms with Crippen molar-refractivity contribution in [1.29, 1.82) is 0 Å². The van der Waals surface area contributed by atoms with E-state index < -0.39 is 24.0 Å². The minimum absolute atomic E-state index is 0.376. The molecule has 3 aromatic carbocycles. The van der Waals surface area contributed by atoms with Gasteiger partial charge in [-0.25, -0.2) is 9.96 Å². The summed E-state index contributed by atoms with van der Waals surface area (Å²) in [7, 11) is 6.10. The molecule has 186 valence electrons. The fourth-order valence-electron chi connectivity index (χ4n) is 4.89. The number of nitrogens with zero attached hydrogens (tertiary/aromatic N) is 2. The van der Waals surface area contributed by atoms with Crippen molar-refractivity contribution in [3.05, 3.63) is 72.3 Å². The van der Waals surface area contributed by atoms with Crippen molar-refractivity contribution in [1.82, 2.24) is 0 Å². The van der Waals surface area contributed by atoms with Crippen molar-refractivity contribution in [3.63, 3.8) is 0 Å². The Bertz CT molecular complexity index is 1300. The second-order valence-electron chi connectivity index (χ2n) is 8.29. The third-order valence-electron chi connectivity index (χ3n) is 6.49. The van der Waals surface area contributed by atoms with Gasteiger partial charge >= 0.3 is 0 Å². The van der Waals surface area contributed by atoms with Crippen LogP contribution in [0.4, 0.5) is 11.4 Å². The molecule has 2 fully saturated rings. The first-order valence-electron chi connectivity index (χ1n) is 11.4. The van der Waals surface area contributed by atoms with Crippen molar-refractivity contribution in [2.75, 3.05) is 38.4 Å². The minimum atomic E-state index is -1.02. The van der Waals surface area contributed by atoms with Gasteiger partial charge in [0.25, 0.3) is 5.91 Å². The van der Waals surface area contributed by atoms with Crippen LogP contribution in [0.3, 0.4) is 0 Å². The molecule has 9 heteroatoms. The number of amides is 2. The molecular weight excluding hydrogens is 464 g/mol. The molecule has 3 aromatic rings. The van der Waals surface area contributed by atoms with Crippen LogP contribution in [0.1, 0.15) is 11.6 Å². The van der Waals surface area contributed by atoms with Crippen LogP contribution in [0, 0.1) is 5.92 Å². The normalized spacial score (nSPS) is 20.9. The largest absolute Gasteiger partial charge is 0.497 e. The fraction of sp³-hybridized carbons (Fsp3) is 0.259. The van der Waals surface area contributed by atoms with E-state index in [1.54, 1.807) is 41.5 Å². The lowest BCUT2D eigenvalue weighted by Gasteiger charge is -2.30. The smallest absolute Gasteiger partial charge is 0.266 e. The number of methoxy groups -OCH3 is 4. The molecule has 2 amide bonds. The second kappa shape index (κ2) is 9.43. The number of hydroxylamine groups is 1. The Kier molecular flexibility index (Phi) is 6.15. The minimum Gasteiger partial charge on any atom is -0.497 e. The van der Waals surface area contributed by atoms with Crippen molar-refractivity contribution in [2.24, 2.45) is 5.92 Å². The summed E-state index contributed by atoms with van der Waals surface area (Å²) >= 11 is 0. The predicted octanol–water partition coefficient (Wildman–Crippen LogP) is 3.77. The van der Waals surface area contributed by atoms with Gasteiger partial charge in [-0.1, -0.05) is 24.3 Å². The zero-order valence-electron chi connectivity index (χ0n) is 20.3. The molecule has 5 rings (SSSR count). The van der Waals surface area contributed by atoms with E-state index in [0.717, 1.165) is 0 Å². The number of rotatable bonds is 7. The van der Waals surface area contributed by atoms with Crippen molar-refractivity contribution in [2.45, 2.75) is 12.1 Å². The number of benzene rings is 3. The Balaban J connectivity index is 1.65. The first kappa shape index (κ1) is 23.5. The molecule has 2 aliphatic heterocycles. The topological polar surface area (TPSA) is 86.8 Å². The van der Waals surface area contributed by atoms with Gasteiger partial charge in [-0.15, -0.1) is 0 Å². The molecule has 0 unspecified atom stereocenters. The highest BCUT2D eigenvalue weighted by atomic mass is 16.7. The summed E-state index contributed by atoms with van der Waals surface area (Å²) in [6.45, 7) is 0. The van der Waals surface area contributed by atoms with Crippen LogP contribution in [-0.2, 0) is 14.4 Å². The van der Waals surface area contributed by atoms with Gasteiger partial charge in [-0.2, -0.15) is 0 Å². The van der Waals surface area contributed by atoms with Gasteiger partial charge in [0.05, 0.1) is 39.8 Å². The summed E-state index contributed by atoms with van der Waals surface area (Å²) in [5, 5.41) is 1.61. The quantitative estimate of drug-likeness (QED) is 0.463. The van der Waals surface area contributed by atoms with Crippen LogP contribution in [-0.4, -0.2) is 46.4 Å². The molecule has 2 saturated heterocycles. The average molecular weight is 491 g/mol. The monoisotopic (exact) mass is 490 g/mol. The van der Waals surface area contributed by atoms with E-state index in [9.17, 15) is 9.59 Å². The third kappa shape index (κ3) is 3.59. The van der Waals surface area contributed by atoms with Crippen molar-refractivity contribution in [3.8, 4) is 23.0 Å². The number of hydrogen-bond acceptors (Lipinski definition) is 8. The predicted molar refractivity (Wildman–Crippen MR) is 132 cm³/mol. The maximum absolute atomic E-state index is 13.9. The first-order valence-corrected chi connectivity index (χ1v) is 11.4. The molecule has 2 aliphatic rings. The molecule has 0 saturated carbocycles. The number of hydrogen-bond donors (Lipinski definition) is 0. The van der Waals surface area contributed by atoms with Gasteiger partial charge in [0, 0.05) is 11.6 Å². The lowest BCUT2D eigenvalue weighted by molar-refractivity contribution is -0.126. The van der Waals surface area contributed by atoms with E-state index in [-0.39, 0.29) is 5.91 Å². The van der Waals surface area contributed by atoms with Gasteiger partial charge < -0.3 is 18.9 Å². The molecule has 9 nitrogen and oxygen atoms in total. The molecule has 36 heavy (non-hydrogen) atoms. The number of carbonyl (C=O) groups is 2. The standard InChI is InChI=1S/C27H26N2O7/c1-32-18-12-8-11-17(15-18)28-26(30)21-22(19-13-14-20(33-2)24(35-4)23(19)34-3)29(36-25(21)27(28)31)16-9-6-5-7-10-16/h5-15,21-22,25H,1-4H3/t21-,22-,25+/m0/s1. The van der Waals surface area contributed by atoms with E-state index in [2.05, 4.69) is 0 Å². The zero-order chi connectivity index (χ0) is 25.4. The van der Waals surface area contributed by atoms with Gasteiger partial charge in [-0.3, -0.25) is 14.4 Å². The molecule has 0 aromatic heterocycles. The van der Waals surface area contributed by atoms with Gasteiger partial charge in [0.15, 0.2) is 17.6 Å². The fourth-order valence-corrected chi connectivity index (χ4v) is 4.89. The number of carbonyl (C=O) groups excluding carboxylic acids is 2. The average Bonchev–Trinajstić information content (AvgIpc) is 3.43. The van der Waals surface area contributed by atoms with Gasteiger partial charge in [0.1, 0.15) is 17.7 Å². The van der Waals surface area contributed by atoms with Crippen LogP contribution in [0.5, 0.6) is 23.0 Å². The molecular formula is C27H26N2O7. The Morgan fingerprint density at radius 3 is 2.11 bits per heavy atom. The van der Waals surface area contributed by atoms with E-state index >= 15 is 0 Å². The van der Waals surface area contributed by atoms with Crippen LogP contribution in [0.15, 0.2) is 66.7 Å². The summed E-state index contributed by atoms with van der Waals surface area (Å²) in [6, 6.07) is 19.0. The lowest BCUT2D eigenvalue weighted by Crippen LogP contribution is -2.37. The second-order valence-corrected chi connectivity index (χ2v) is 8.29. The molecule has 0 N–H and O–H groups in total. The van der Waals surface area contributed by atoms with E-state index in [0.29, 0.717) is 39.9 Å². The van der Waals surface area contributed by atoms with Gasteiger partial charge in [0.2, 0.25) is 11.7 Å². The number of imide groups is 1. The molecule has 0 spiro atoms. The lowest BCUT2D eigenvalue weighted by atomic mass is 9.89. The van der Waals surface area contributed by atoms with Crippen LogP contribution >= 0.6 is 0 Å². The SMILES string of the molecule is COc1cccc(N2C(=O)[C@@H]3[C@@H](ON(c4ccccc4)[C@H]3c3ccc(OC)c(OC)c3OC)C2=O)c1. The van der Waals surface area contributed by atoms with Crippen molar-refractivity contribution < 1.29 is 33.4 Å². The zero-order valence-corrected chi connectivity index (χ0v) is 20.3. The Labute approximate surface area is 208 Å². The Morgan fingerprint density at radius 2 is 1.44 bits per heavy atom. The molecule has 0 radical (unpaired) electrons. The van der Waals surface area contributed by atoms with Gasteiger partial charge in [-0.05, 0) is 36.4 Å². The van der Waals surface area contributed by atoms with Crippen LogP contribution < -0.4 is 28.9 Å². The van der Waals surface area contributed by atoms with Crippen LogP contribution in [0.2, 0.25) is 0 Å². The van der Waals surface area contributed by atoms with E-state index in [4.69, 9.17) is 23.8 Å². The summed E-state index contributed by atoms with van der Waals surface area (Å²) in [4.78, 5) is 34.9. The van der Waals surface area contributed by atoms with Crippen molar-refractivity contribution >= 4 is 23.2 Å². The van der Waals surface area contributed by atoms with E-state index in [1.807, 2.05) is 30.3 Å². The highest BCUT2D eigenvalue weighted by Crippen LogP contribution is 2.52. The number of ether oxygens (including phenoxy) is 4. The summed E-state index contributed by atoms with van der Waals surface area (Å²) in [5.74, 6) is 0.139. The first-order chi connectivity index (χ1) is 17.5. The maximum Gasteiger partial charge on any atom is 0.266 e. The number of para-hydroxylation sites is 1. The summed E-state index contributed by atoms with van der Waals surface area (Å²) < 4.78 is 22.1. The number of anilines is 2. The molecule has 0 bridgehead atoms. The highest BCUT2D eigenvalue weighted by molar-refractivity contribution is 6.24. The number of fused-ring (bicyclic) bond motifs is 1. The molecule has 2 heterocycles. The molecule has 0 aliphatic carbocycles.